The zero-order valence-electron chi connectivity index (χ0n) is 11.3. The van der Waals surface area contributed by atoms with Crippen LogP contribution in [0.5, 0.6) is 0 Å². The van der Waals surface area contributed by atoms with Crippen LogP contribution in [0.2, 0.25) is 0 Å². The molecular formula is C14H20N2O3. The Bertz CT molecular complexity index is 446. The van der Waals surface area contributed by atoms with Gasteiger partial charge in [-0.05, 0) is 38.6 Å². The number of benzene rings is 1. The van der Waals surface area contributed by atoms with Crippen molar-refractivity contribution in [1.29, 1.82) is 0 Å². The summed E-state index contributed by atoms with van der Waals surface area (Å²) in [7, 11) is 1.85. The number of nitrogens with zero attached hydrogens (tertiary/aromatic N) is 1. The summed E-state index contributed by atoms with van der Waals surface area (Å²) in [6.45, 7) is 2.66. The van der Waals surface area contributed by atoms with Crippen molar-refractivity contribution in [3.8, 4) is 0 Å². The van der Waals surface area contributed by atoms with E-state index in [4.69, 9.17) is 5.11 Å². The monoisotopic (exact) mass is 264 g/mol. The van der Waals surface area contributed by atoms with Gasteiger partial charge in [-0.1, -0.05) is 18.2 Å². The maximum atomic E-state index is 12.3. The van der Waals surface area contributed by atoms with Crippen LogP contribution in [0.25, 0.3) is 0 Å². The van der Waals surface area contributed by atoms with Crippen molar-refractivity contribution in [1.82, 2.24) is 10.2 Å². The van der Waals surface area contributed by atoms with Crippen molar-refractivity contribution in [3.63, 3.8) is 0 Å². The lowest BCUT2D eigenvalue weighted by atomic mass is 10.0. The van der Waals surface area contributed by atoms with Gasteiger partial charge in [-0.25, -0.2) is 0 Å². The summed E-state index contributed by atoms with van der Waals surface area (Å²) in [4.78, 5) is 24.4. The molecule has 1 rings (SSSR count). The summed E-state index contributed by atoms with van der Waals surface area (Å²) in [5.41, 5.74) is 1.52. The highest BCUT2D eigenvalue weighted by Gasteiger charge is 2.19. The Morgan fingerprint density at radius 1 is 1.32 bits per heavy atom. The molecule has 0 saturated heterocycles. The molecule has 1 aromatic rings. The molecule has 0 aliphatic rings. The minimum atomic E-state index is -0.997. The molecule has 0 atom stereocenters. The zero-order valence-corrected chi connectivity index (χ0v) is 11.3. The van der Waals surface area contributed by atoms with E-state index < -0.39 is 5.97 Å². The van der Waals surface area contributed by atoms with Crippen molar-refractivity contribution in [3.05, 3.63) is 35.4 Å². The molecule has 19 heavy (non-hydrogen) atoms. The molecule has 104 valence electrons. The van der Waals surface area contributed by atoms with E-state index in [0.29, 0.717) is 12.1 Å². The first-order chi connectivity index (χ1) is 9.10. The van der Waals surface area contributed by atoms with Crippen LogP contribution in [0.4, 0.5) is 0 Å². The van der Waals surface area contributed by atoms with Gasteiger partial charge in [0.2, 0.25) is 0 Å². The third-order valence-electron chi connectivity index (χ3n) is 2.89. The number of amides is 1. The number of carboxylic acid groups (broad SMARTS) is 1. The maximum absolute atomic E-state index is 12.3. The highest BCUT2D eigenvalue weighted by atomic mass is 16.4. The predicted molar refractivity (Wildman–Crippen MR) is 73.3 cm³/mol. The van der Waals surface area contributed by atoms with Gasteiger partial charge in [-0.15, -0.1) is 0 Å². The van der Waals surface area contributed by atoms with E-state index in [2.05, 4.69) is 5.32 Å². The first kappa shape index (κ1) is 15.2. The third kappa shape index (κ3) is 4.37. The van der Waals surface area contributed by atoms with Gasteiger partial charge in [0.15, 0.2) is 0 Å². The molecule has 0 spiro atoms. The molecular weight excluding hydrogens is 244 g/mol. The fourth-order valence-electron chi connectivity index (χ4n) is 1.87. The highest BCUT2D eigenvalue weighted by Crippen LogP contribution is 2.12. The van der Waals surface area contributed by atoms with Gasteiger partial charge < -0.3 is 15.3 Å². The van der Waals surface area contributed by atoms with Gasteiger partial charge in [-0.2, -0.15) is 0 Å². The summed E-state index contributed by atoms with van der Waals surface area (Å²) < 4.78 is 0. The second-order valence-corrected chi connectivity index (χ2v) is 4.22. The van der Waals surface area contributed by atoms with Gasteiger partial charge in [0.05, 0.1) is 0 Å². The predicted octanol–water partition coefficient (Wildman–Crippen LogP) is 0.995. The molecule has 0 aliphatic carbocycles. The first-order valence-corrected chi connectivity index (χ1v) is 6.33. The molecule has 0 bridgehead atoms. The summed E-state index contributed by atoms with van der Waals surface area (Å²) in [5, 5.41) is 11.9. The Labute approximate surface area is 113 Å². The van der Waals surface area contributed by atoms with Crippen molar-refractivity contribution in [2.24, 2.45) is 0 Å². The van der Waals surface area contributed by atoms with Crippen LogP contribution in [0.3, 0.4) is 0 Å². The summed E-state index contributed by atoms with van der Waals surface area (Å²) in [6.07, 6.45) is 0.739. The average molecular weight is 264 g/mol. The molecule has 0 unspecified atom stereocenters. The Morgan fingerprint density at radius 2 is 2.00 bits per heavy atom. The van der Waals surface area contributed by atoms with Gasteiger partial charge in [-0.3, -0.25) is 9.59 Å². The lowest BCUT2D eigenvalue weighted by Crippen LogP contribution is -2.36. The average Bonchev–Trinajstić information content (AvgIpc) is 2.41. The molecule has 5 nitrogen and oxygen atoms in total. The number of likely N-dealkylation sites (N-methyl/N-ethyl adjacent to an activating group) is 2. The molecule has 0 heterocycles. The van der Waals surface area contributed by atoms with Crippen LogP contribution >= 0.6 is 0 Å². The van der Waals surface area contributed by atoms with Crippen molar-refractivity contribution in [2.45, 2.75) is 13.3 Å². The second kappa shape index (κ2) is 7.53. The van der Waals surface area contributed by atoms with Gasteiger partial charge >= 0.3 is 5.97 Å². The summed E-state index contributed by atoms with van der Waals surface area (Å²) >= 11 is 0. The standard InChI is InChI=1S/C14H20N2O3/c1-3-16(10-13(17)18)14(19)12-7-5-4-6-11(12)8-9-15-2/h4-7,15H,3,8-10H2,1-2H3,(H,17,18). The molecule has 0 radical (unpaired) electrons. The largest absolute Gasteiger partial charge is 0.480 e. The fourth-order valence-corrected chi connectivity index (χ4v) is 1.87. The van der Waals surface area contributed by atoms with E-state index in [9.17, 15) is 9.59 Å². The van der Waals surface area contributed by atoms with Crippen LogP contribution in [-0.4, -0.2) is 48.6 Å². The third-order valence-corrected chi connectivity index (χ3v) is 2.89. The first-order valence-electron chi connectivity index (χ1n) is 6.33. The number of aliphatic carboxylic acids is 1. The van der Waals surface area contributed by atoms with Crippen LogP contribution < -0.4 is 5.32 Å². The number of nitrogens with one attached hydrogen (secondary N) is 1. The van der Waals surface area contributed by atoms with E-state index in [0.717, 1.165) is 18.5 Å². The number of rotatable bonds is 7. The lowest BCUT2D eigenvalue weighted by molar-refractivity contribution is -0.137. The van der Waals surface area contributed by atoms with E-state index in [-0.39, 0.29) is 12.5 Å². The lowest BCUT2D eigenvalue weighted by Gasteiger charge is -2.20. The molecule has 5 heteroatoms. The van der Waals surface area contributed by atoms with Gasteiger partial charge in [0, 0.05) is 12.1 Å². The van der Waals surface area contributed by atoms with Gasteiger partial charge in [0.25, 0.3) is 5.91 Å². The number of hydrogen-bond donors (Lipinski definition) is 2. The van der Waals surface area contributed by atoms with Crippen LogP contribution in [0, 0.1) is 0 Å². The number of carbonyl (C=O) groups is 2. The van der Waals surface area contributed by atoms with E-state index in [1.165, 1.54) is 4.90 Å². The van der Waals surface area contributed by atoms with Crippen LogP contribution in [-0.2, 0) is 11.2 Å². The fraction of sp³-hybridized carbons (Fsp3) is 0.429. The van der Waals surface area contributed by atoms with E-state index in [1.54, 1.807) is 19.1 Å². The van der Waals surface area contributed by atoms with E-state index in [1.807, 2.05) is 19.2 Å². The SMILES string of the molecule is CCN(CC(=O)O)C(=O)c1ccccc1CCNC. The van der Waals surface area contributed by atoms with Crippen molar-refractivity contribution >= 4 is 11.9 Å². The Morgan fingerprint density at radius 3 is 2.58 bits per heavy atom. The molecule has 2 N–H and O–H groups in total. The number of hydrogen-bond acceptors (Lipinski definition) is 3. The molecule has 0 aromatic heterocycles. The Kier molecular flexibility index (Phi) is 6.02. The van der Waals surface area contributed by atoms with Crippen LogP contribution in [0.1, 0.15) is 22.8 Å². The number of carboxylic acids is 1. The molecule has 1 amide bonds. The second-order valence-electron chi connectivity index (χ2n) is 4.22. The summed E-state index contributed by atoms with van der Waals surface area (Å²) in [5.74, 6) is -1.22. The highest BCUT2D eigenvalue weighted by molar-refractivity contribution is 5.97. The van der Waals surface area contributed by atoms with Crippen molar-refractivity contribution < 1.29 is 14.7 Å². The quantitative estimate of drug-likeness (QED) is 0.770. The van der Waals surface area contributed by atoms with Gasteiger partial charge in [0.1, 0.15) is 6.54 Å². The Hall–Kier alpha value is -1.88. The minimum absolute atomic E-state index is 0.225. The maximum Gasteiger partial charge on any atom is 0.323 e. The molecule has 0 fully saturated rings. The number of carbonyl (C=O) groups excluding carboxylic acids is 1. The normalized spacial score (nSPS) is 10.2. The molecule has 0 aliphatic heterocycles. The zero-order chi connectivity index (χ0) is 14.3. The van der Waals surface area contributed by atoms with Crippen molar-refractivity contribution in [2.75, 3.05) is 26.7 Å². The molecule has 1 aromatic carbocycles. The minimum Gasteiger partial charge on any atom is -0.480 e. The van der Waals surface area contributed by atoms with Crippen LogP contribution in [0.15, 0.2) is 24.3 Å². The smallest absolute Gasteiger partial charge is 0.323 e. The van der Waals surface area contributed by atoms with E-state index >= 15 is 0 Å². The topological polar surface area (TPSA) is 69.6 Å². The summed E-state index contributed by atoms with van der Waals surface area (Å²) in [6, 6.07) is 7.33. The molecule has 0 saturated carbocycles. The Balaban J connectivity index is 2.93.